The minimum atomic E-state index is 0.469. The number of allylic oxidation sites excluding steroid dienone is 1. The minimum Gasteiger partial charge on any atom is -0.399 e. The van der Waals surface area contributed by atoms with E-state index >= 15 is 0 Å². The van der Waals surface area contributed by atoms with Crippen molar-refractivity contribution in [2.24, 2.45) is 5.73 Å². The van der Waals surface area contributed by atoms with Gasteiger partial charge in [-0.2, -0.15) is 0 Å². The molecule has 0 saturated heterocycles. The van der Waals surface area contributed by atoms with Gasteiger partial charge in [0.15, 0.2) is 0 Å². The molecule has 0 heterocycles. The zero-order valence-electron chi connectivity index (χ0n) is 14.3. The van der Waals surface area contributed by atoms with Crippen molar-refractivity contribution in [1.82, 2.24) is 10.2 Å². The fourth-order valence-corrected chi connectivity index (χ4v) is 2.71. The van der Waals surface area contributed by atoms with Crippen molar-refractivity contribution in [2.45, 2.75) is 65.3 Å². The van der Waals surface area contributed by atoms with Crippen LogP contribution in [0, 0.1) is 0 Å². The first kappa shape index (κ1) is 18.2. The van der Waals surface area contributed by atoms with Gasteiger partial charge in [0.1, 0.15) is 0 Å². The zero-order chi connectivity index (χ0) is 15.5. The second kappa shape index (κ2) is 10.9. The second-order valence-corrected chi connectivity index (χ2v) is 6.21. The van der Waals surface area contributed by atoms with E-state index in [9.17, 15) is 0 Å². The number of nitrogens with one attached hydrogen (secondary N) is 1. The maximum Gasteiger partial charge on any atom is 0.0301 e. The topological polar surface area (TPSA) is 41.3 Å². The lowest BCUT2D eigenvalue weighted by Crippen LogP contribution is -2.33. The van der Waals surface area contributed by atoms with Crippen LogP contribution in [0.2, 0.25) is 0 Å². The number of nitrogens with two attached hydrogens (primary N) is 1. The number of hydrogen-bond donors (Lipinski definition) is 2. The average molecular weight is 293 g/mol. The number of hydrogen-bond acceptors (Lipinski definition) is 3. The summed E-state index contributed by atoms with van der Waals surface area (Å²) >= 11 is 0. The van der Waals surface area contributed by atoms with E-state index in [1.165, 1.54) is 57.3 Å². The van der Waals surface area contributed by atoms with Crippen molar-refractivity contribution < 1.29 is 0 Å². The molecule has 0 aliphatic heterocycles. The van der Waals surface area contributed by atoms with Gasteiger partial charge in [-0.3, -0.25) is 0 Å². The van der Waals surface area contributed by atoms with Crippen molar-refractivity contribution in [1.29, 1.82) is 0 Å². The Kier molecular flexibility index (Phi) is 9.44. The van der Waals surface area contributed by atoms with Gasteiger partial charge in [0.25, 0.3) is 0 Å². The summed E-state index contributed by atoms with van der Waals surface area (Å²) in [6.45, 7) is 11.5. The summed E-state index contributed by atoms with van der Waals surface area (Å²) in [7, 11) is 0. The van der Waals surface area contributed by atoms with E-state index in [2.05, 4.69) is 43.1 Å². The lowest BCUT2D eigenvalue weighted by molar-refractivity contribution is 0.260. The third-order valence-electron chi connectivity index (χ3n) is 4.21. The van der Waals surface area contributed by atoms with Gasteiger partial charge in [-0.1, -0.05) is 38.8 Å². The second-order valence-electron chi connectivity index (χ2n) is 6.21. The molecule has 0 fully saturated rings. The molecule has 0 aromatic carbocycles. The fraction of sp³-hybridized carbons (Fsp3) is 0.778. The lowest BCUT2D eigenvalue weighted by atomic mass is 10.0. The van der Waals surface area contributed by atoms with E-state index in [4.69, 9.17) is 5.73 Å². The van der Waals surface area contributed by atoms with Gasteiger partial charge in [0.05, 0.1) is 0 Å². The molecule has 0 radical (unpaired) electrons. The number of nitrogens with zero attached hydrogens (tertiary/aromatic N) is 1. The van der Waals surface area contributed by atoms with Gasteiger partial charge in [-0.25, -0.2) is 0 Å². The molecule has 1 rings (SSSR count). The van der Waals surface area contributed by atoms with Crippen LogP contribution in [0.5, 0.6) is 0 Å². The normalized spacial score (nSPS) is 18.8. The molecule has 1 unspecified atom stereocenters. The Morgan fingerprint density at radius 1 is 1.14 bits per heavy atom. The summed E-state index contributed by atoms with van der Waals surface area (Å²) in [5.41, 5.74) is 8.04. The van der Waals surface area contributed by atoms with Crippen LogP contribution in [-0.4, -0.2) is 37.1 Å². The molecular formula is C18H35N3. The SMILES string of the molecule is CCCCN(CCCC)CCCNC1C=C(C)C(N)=CC1. The maximum absolute atomic E-state index is 5.89. The molecule has 1 aliphatic rings. The Hall–Kier alpha value is -0.800. The van der Waals surface area contributed by atoms with Crippen molar-refractivity contribution in [3.8, 4) is 0 Å². The Morgan fingerprint density at radius 3 is 2.33 bits per heavy atom. The minimum absolute atomic E-state index is 0.469. The highest BCUT2D eigenvalue weighted by Crippen LogP contribution is 2.14. The smallest absolute Gasteiger partial charge is 0.0301 e. The quantitative estimate of drug-likeness (QED) is 0.573. The molecular weight excluding hydrogens is 258 g/mol. The third-order valence-corrected chi connectivity index (χ3v) is 4.21. The van der Waals surface area contributed by atoms with E-state index in [-0.39, 0.29) is 0 Å². The molecule has 0 aromatic rings. The van der Waals surface area contributed by atoms with Crippen molar-refractivity contribution >= 4 is 0 Å². The molecule has 0 saturated carbocycles. The molecule has 0 amide bonds. The lowest BCUT2D eigenvalue weighted by Gasteiger charge is -2.23. The van der Waals surface area contributed by atoms with Crippen LogP contribution < -0.4 is 11.1 Å². The van der Waals surface area contributed by atoms with Crippen LogP contribution in [0.15, 0.2) is 23.4 Å². The van der Waals surface area contributed by atoms with Gasteiger partial charge in [-0.05, 0) is 64.4 Å². The maximum atomic E-state index is 5.89. The largest absolute Gasteiger partial charge is 0.399 e. The van der Waals surface area contributed by atoms with Crippen molar-refractivity contribution in [2.75, 3.05) is 26.2 Å². The molecule has 3 nitrogen and oxygen atoms in total. The summed E-state index contributed by atoms with van der Waals surface area (Å²) in [6, 6.07) is 0.469. The van der Waals surface area contributed by atoms with Crippen LogP contribution >= 0.6 is 0 Å². The predicted octanol–water partition coefficient (Wildman–Crippen LogP) is 3.43. The first-order valence-electron chi connectivity index (χ1n) is 8.77. The van der Waals surface area contributed by atoms with Crippen LogP contribution in [0.4, 0.5) is 0 Å². The van der Waals surface area contributed by atoms with Crippen LogP contribution in [0.25, 0.3) is 0 Å². The van der Waals surface area contributed by atoms with E-state index in [1.807, 2.05) is 0 Å². The zero-order valence-corrected chi connectivity index (χ0v) is 14.3. The molecule has 0 spiro atoms. The van der Waals surface area contributed by atoms with E-state index in [0.29, 0.717) is 6.04 Å². The average Bonchev–Trinajstić information content (AvgIpc) is 2.49. The van der Waals surface area contributed by atoms with Crippen LogP contribution in [0.3, 0.4) is 0 Å². The first-order valence-corrected chi connectivity index (χ1v) is 8.77. The first-order chi connectivity index (χ1) is 10.2. The molecule has 21 heavy (non-hydrogen) atoms. The molecule has 1 aliphatic carbocycles. The van der Waals surface area contributed by atoms with Gasteiger partial charge in [0.2, 0.25) is 0 Å². The predicted molar refractivity (Wildman–Crippen MR) is 93.3 cm³/mol. The summed E-state index contributed by atoms with van der Waals surface area (Å²) in [5.74, 6) is 0. The number of unbranched alkanes of at least 4 members (excludes halogenated alkanes) is 2. The molecule has 3 heteroatoms. The summed E-state index contributed by atoms with van der Waals surface area (Å²) < 4.78 is 0. The Labute approximate surface area is 131 Å². The van der Waals surface area contributed by atoms with Gasteiger partial charge in [-0.15, -0.1) is 0 Å². The highest BCUT2D eigenvalue weighted by molar-refractivity contribution is 5.31. The van der Waals surface area contributed by atoms with Gasteiger partial charge < -0.3 is 16.0 Å². The Bertz CT molecular complexity index is 325. The van der Waals surface area contributed by atoms with Crippen LogP contribution in [0.1, 0.15) is 59.3 Å². The Balaban J connectivity index is 2.18. The van der Waals surface area contributed by atoms with E-state index < -0.39 is 0 Å². The third kappa shape index (κ3) is 7.68. The standard InChI is InChI=1S/C18H35N3/c1-4-6-12-21(13-7-5-2)14-8-11-20-17-9-10-18(19)16(3)15-17/h10,15,17,20H,4-9,11-14,19H2,1-3H3. The van der Waals surface area contributed by atoms with Crippen LogP contribution in [-0.2, 0) is 0 Å². The molecule has 0 bridgehead atoms. The van der Waals surface area contributed by atoms with Crippen molar-refractivity contribution in [3.05, 3.63) is 23.4 Å². The van der Waals surface area contributed by atoms with Crippen molar-refractivity contribution in [3.63, 3.8) is 0 Å². The monoisotopic (exact) mass is 293 g/mol. The van der Waals surface area contributed by atoms with Gasteiger partial charge in [0, 0.05) is 11.7 Å². The highest BCUT2D eigenvalue weighted by atomic mass is 15.1. The molecule has 3 N–H and O–H groups in total. The number of rotatable bonds is 11. The van der Waals surface area contributed by atoms with Gasteiger partial charge >= 0.3 is 0 Å². The molecule has 1 atom stereocenters. The fourth-order valence-electron chi connectivity index (χ4n) is 2.71. The molecule has 0 aromatic heterocycles. The Morgan fingerprint density at radius 2 is 1.76 bits per heavy atom. The van der Waals surface area contributed by atoms with E-state index in [0.717, 1.165) is 18.7 Å². The summed E-state index contributed by atoms with van der Waals surface area (Å²) in [6.07, 6.45) is 11.9. The summed E-state index contributed by atoms with van der Waals surface area (Å²) in [5, 5.41) is 3.64. The highest BCUT2D eigenvalue weighted by Gasteiger charge is 2.10. The van der Waals surface area contributed by atoms with E-state index in [1.54, 1.807) is 0 Å². The summed E-state index contributed by atoms with van der Waals surface area (Å²) in [4.78, 5) is 2.63. The molecule has 122 valence electrons.